The molecule has 0 saturated carbocycles. The number of ether oxygens (including phenoxy) is 1. The molecule has 0 fully saturated rings. The van der Waals surface area contributed by atoms with Gasteiger partial charge in [0, 0.05) is 5.56 Å². The zero-order valence-electron chi connectivity index (χ0n) is 10.9. The fourth-order valence-electron chi connectivity index (χ4n) is 1.49. The summed E-state index contributed by atoms with van der Waals surface area (Å²) in [6, 6.07) is 3.82. The molecule has 0 aliphatic rings. The van der Waals surface area contributed by atoms with Gasteiger partial charge in [0.05, 0.1) is 17.2 Å². The highest BCUT2D eigenvalue weighted by Crippen LogP contribution is 2.22. The summed E-state index contributed by atoms with van der Waals surface area (Å²) in [4.78, 5) is 23.6. The van der Waals surface area contributed by atoms with Crippen LogP contribution in [0.4, 0.5) is 0 Å². The lowest BCUT2D eigenvalue weighted by Crippen LogP contribution is -2.45. The molecule has 1 unspecified atom stereocenters. The van der Waals surface area contributed by atoms with Crippen molar-refractivity contribution >= 4 is 35.1 Å². The van der Waals surface area contributed by atoms with Crippen molar-refractivity contribution < 1.29 is 14.3 Å². The maximum absolute atomic E-state index is 12.0. The fraction of sp³-hybridized carbons (Fsp3) is 0.385. The minimum atomic E-state index is -0.702. The number of halogens is 2. The van der Waals surface area contributed by atoms with Gasteiger partial charge in [0.25, 0.3) is 5.91 Å². The summed E-state index contributed by atoms with van der Waals surface area (Å²) in [5.74, 6) is -0.967. The van der Waals surface area contributed by atoms with Gasteiger partial charge in [-0.1, -0.05) is 37.0 Å². The zero-order chi connectivity index (χ0) is 14.6. The van der Waals surface area contributed by atoms with Crippen LogP contribution < -0.4 is 5.32 Å². The molecule has 19 heavy (non-hydrogen) atoms. The van der Waals surface area contributed by atoms with Crippen molar-refractivity contribution in [3.8, 4) is 0 Å². The quantitative estimate of drug-likeness (QED) is 0.870. The van der Waals surface area contributed by atoms with Crippen LogP contribution in [0, 0.1) is 5.92 Å². The summed E-state index contributed by atoms with van der Waals surface area (Å²) in [6.45, 7) is 3.63. The predicted molar refractivity (Wildman–Crippen MR) is 74.6 cm³/mol. The van der Waals surface area contributed by atoms with Crippen LogP contribution in [0.5, 0.6) is 0 Å². The van der Waals surface area contributed by atoms with Gasteiger partial charge in [-0.15, -0.1) is 0 Å². The third-order valence-electron chi connectivity index (χ3n) is 2.59. The van der Waals surface area contributed by atoms with E-state index in [0.717, 1.165) is 0 Å². The first kappa shape index (κ1) is 15.8. The van der Waals surface area contributed by atoms with Gasteiger partial charge in [-0.2, -0.15) is 0 Å². The first-order chi connectivity index (χ1) is 8.86. The van der Waals surface area contributed by atoms with Gasteiger partial charge in [-0.05, 0) is 24.1 Å². The van der Waals surface area contributed by atoms with Crippen LogP contribution in [0.2, 0.25) is 10.0 Å². The molecule has 0 aliphatic heterocycles. The number of methoxy groups -OCH3 is 1. The van der Waals surface area contributed by atoms with Crippen molar-refractivity contribution in [1.82, 2.24) is 5.32 Å². The van der Waals surface area contributed by atoms with Crippen LogP contribution in [-0.4, -0.2) is 25.0 Å². The van der Waals surface area contributed by atoms with E-state index < -0.39 is 17.9 Å². The Balaban J connectivity index is 2.87. The molecule has 1 rings (SSSR count). The van der Waals surface area contributed by atoms with Gasteiger partial charge < -0.3 is 10.1 Å². The molecule has 0 heterocycles. The number of esters is 1. The molecule has 0 spiro atoms. The Labute approximate surface area is 122 Å². The lowest BCUT2D eigenvalue weighted by molar-refractivity contribution is -0.144. The van der Waals surface area contributed by atoms with E-state index in [4.69, 9.17) is 23.2 Å². The van der Waals surface area contributed by atoms with Crippen LogP contribution in [0.1, 0.15) is 24.2 Å². The van der Waals surface area contributed by atoms with Crippen LogP contribution in [-0.2, 0) is 9.53 Å². The zero-order valence-corrected chi connectivity index (χ0v) is 12.4. The topological polar surface area (TPSA) is 55.4 Å². The van der Waals surface area contributed by atoms with Crippen molar-refractivity contribution in [2.24, 2.45) is 5.92 Å². The maximum Gasteiger partial charge on any atom is 0.328 e. The third-order valence-corrected chi connectivity index (χ3v) is 3.33. The van der Waals surface area contributed by atoms with E-state index in [1.54, 1.807) is 0 Å². The monoisotopic (exact) mass is 303 g/mol. The SMILES string of the molecule is COC(=O)C(NC(=O)c1ccc(Cl)c(Cl)c1)C(C)C. The van der Waals surface area contributed by atoms with Crippen LogP contribution in [0.15, 0.2) is 18.2 Å². The fourth-order valence-corrected chi connectivity index (χ4v) is 1.78. The number of hydrogen-bond acceptors (Lipinski definition) is 3. The molecule has 0 aliphatic carbocycles. The summed E-state index contributed by atoms with van der Waals surface area (Å²) in [6.07, 6.45) is 0. The lowest BCUT2D eigenvalue weighted by Gasteiger charge is -2.19. The molecule has 0 radical (unpaired) electrons. The van der Waals surface area contributed by atoms with Gasteiger partial charge in [0.1, 0.15) is 6.04 Å². The standard InChI is InChI=1S/C13H15Cl2NO3/c1-7(2)11(13(18)19-3)16-12(17)8-4-5-9(14)10(15)6-8/h4-7,11H,1-3H3,(H,16,17). The summed E-state index contributed by atoms with van der Waals surface area (Å²) >= 11 is 11.6. The summed E-state index contributed by atoms with van der Waals surface area (Å²) in [5, 5.41) is 3.27. The highest BCUT2D eigenvalue weighted by molar-refractivity contribution is 6.42. The van der Waals surface area contributed by atoms with Crippen LogP contribution in [0.3, 0.4) is 0 Å². The molecular weight excluding hydrogens is 289 g/mol. The van der Waals surface area contributed by atoms with E-state index in [9.17, 15) is 9.59 Å². The summed E-state index contributed by atoms with van der Waals surface area (Å²) in [7, 11) is 1.28. The largest absolute Gasteiger partial charge is 0.467 e. The van der Waals surface area contributed by atoms with Gasteiger partial charge in [-0.25, -0.2) is 4.79 Å². The normalized spacial score (nSPS) is 12.1. The maximum atomic E-state index is 12.0. The lowest BCUT2D eigenvalue weighted by atomic mass is 10.0. The van der Waals surface area contributed by atoms with Crippen molar-refractivity contribution in [3.05, 3.63) is 33.8 Å². The second-order valence-electron chi connectivity index (χ2n) is 4.35. The van der Waals surface area contributed by atoms with Crippen molar-refractivity contribution in [1.29, 1.82) is 0 Å². The number of hydrogen-bond donors (Lipinski definition) is 1. The number of nitrogens with one attached hydrogen (secondary N) is 1. The van der Waals surface area contributed by atoms with Gasteiger partial charge in [0.15, 0.2) is 0 Å². The average Bonchev–Trinajstić information content (AvgIpc) is 2.37. The van der Waals surface area contributed by atoms with Crippen molar-refractivity contribution in [2.75, 3.05) is 7.11 Å². The van der Waals surface area contributed by atoms with Crippen molar-refractivity contribution in [3.63, 3.8) is 0 Å². The minimum Gasteiger partial charge on any atom is -0.467 e. The van der Waals surface area contributed by atoms with Crippen LogP contribution in [0.25, 0.3) is 0 Å². The molecule has 0 saturated heterocycles. The van der Waals surface area contributed by atoms with Gasteiger partial charge >= 0.3 is 5.97 Å². The van der Waals surface area contributed by atoms with Crippen LogP contribution >= 0.6 is 23.2 Å². The molecule has 6 heteroatoms. The van der Waals surface area contributed by atoms with E-state index >= 15 is 0 Å². The van der Waals surface area contributed by atoms with Gasteiger partial charge in [0.2, 0.25) is 0 Å². The predicted octanol–water partition coefficient (Wildman–Crippen LogP) is 2.92. The molecule has 1 amide bonds. The van der Waals surface area contributed by atoms with Crippen molar-refractivity contribution in [2.45, 2.75) is 19.9 Å². The molecule has 1 atom stereocenters. The highest BCUT2D eigenvalue weighted by Gasteiger charge is 2.25. The molecule has 1 N–H and O–H groups in total. The number of carbonyl (C=O) groups excluding carboxylic acids is 2. The molecule has 0 aromatic heterocycles. The van der Waals surface area contributed by atoms with E-state index in [-0.39, 0.29) is 10.9 Å². The Morgan fingerprint density at radius 2 is 1.84 bits per heavy atom. The first-order valence-electron chi connectivity index (χ1n) is 5.70. The summed E-state index contributed by atoms with van der Waals surface area (Å²) in [5.41, 5.74) is 0.337. The molecule has 0 bridgehead atoms. The Morgan fingerprint density at radius 3 is 2.32 bits per heavy atom. The number of carbonyl (C=O) groups is 2. The van der Waals surface area contributed by atoms with E-state index in [0.29, 0.717) is 10.6 Å². The highest BCUT2D eigenvalue weighted by atomic mass is 35.5. The second kappa shape index (κ2) is 6.78. The number of rotatable bonds is 4. The average molecular weight is 304 g/mol. The minimum absolute atomic E-state index is 0.0841. The Bertz CT molecular complexity index is 489. The third kappa shape index (κ3) is 4.11. The molecule has 1 aromatic carbocycles. The van der Waals surface area contributed by atoms with E-state index in [2.05, 4.69) is 10.1 Å². The smallest absolute Gasteiger partial charge is 0.328 e. The number of benzene rings is 1. The van der Waals surface area contributed by atoms with Gasteiger partial charge in [-0.3, -0.25) is 4.79 Å². The molecular formula is C13H15Cl2NO3. The van der Waals surface area contributed by atoms with E-state index in [1.165, 1.54) is 25.3 Å². The number of amides is 1. The second-order valence-corrected chi connectivity index (χ2v) is 5.16. The van der Waals surface area contributed by atoms with E-state index in [1.807, 2.05) is 13.8 Å². The Kier molecular flexibility index (Phi) is 5.63. The molecule has 104 valence electrons. The summed E-state index contributed by atoms with van der Waals surface area (Å²) < 4.78 is 4.65. The Hall–Kier alpha value is -1.26. The molecule has 1 aromatic rings. The Morgan fingerprint density at radius 1 is 1.21 bits per heavy atom. The first-order valence-corrected chi connectivity index (χ1v) is 6.46. The molecule has 4 nitrogen and oxygen atoms in total.